The van der Waals surface area contributed by atoms with Crippen LogP contribution in [0.1, 0.15) is 6.42 Å². The molecule has 0 aliphatic carbocycles. The van der Waals surface area contributed by atoms with Crippen LogP contribution < -0.4 is 20.1 Å². The summed E-state index contributed by atoms with van der Waals surface area (Å²) in [5, 5.41) is 6.24. The zero-order chi connectivity index (χ0) is 17.9. The molecule has 1 aliphatic rings. The number of anilines is 3. The van der Waals surface area contributed by atoms with Crippen LogP contribution >= 0.6 is 0 Å². The number of nitrogens with zero attached hydrogens (tertiary/aromatic N) is 2. The van der Waals surface area contributed by atoms with Crippen molar-refractivity contribution in [2.24, 2.45) is 0 Å². The van der Waals surface area contributed by atoms with Crippen LogP contribution in [0.15, 0.2) is 30.5 Å². The lowest BCUT2D eigenvalue weighted by Crippen LogP contribution is -2.22. The minimum absolute atomic E-state index is 0.109. The fourth-order valence-corrected chi connectivity index (χ4v) is 4.31. The van der Waals surface area contributed by atoms with Crippen molar-refractivity contribution in [3.05, 3.63) is 30.5 Å². The highest BCUT2D eigenvalue weighted by Gasteiger charge is 2.28. The van der Waals surface area contributed by atoms with E-state index in [-0.39, 0.29) is 17.5 Å². The van der Waals surface area contributed by atoms with Gasteiger partial charge in [-0.2, -0.15) is 4.98 Å². The van der Waals surface area contributed by atoms with E-state index in [0.717, 1.165) is 0 Å². The van der Waals surface area contributed by atoms with E-state index in [0.29, 0.717) is 35.4 Å². The van der Waals surface area contributed by atoms with Crippen molar-refractivity contribution in [1.82, 2.24) is 9.97 Å². The number of hydrogen-bond donors (Lipinski definition) is 2. The van der Waals surface area contributed by atoms with Gasteiger partial charge in [0.15, 0.2) is 9.84 Å². The highest BCUT2D eigenvalue weighted by molar-refractivity contribution is 7.91. The van der Waals surface area contributed by atoms with Gasteiger partial charge < -0.3 is 20.1 Å². The van der Waals surface area contributed by atoms with Crippen molar-refractivity contribution >= 4 is 27.3 Å². The summed E-state index contributed by atoms with van der Waals surface area (Å²) < 4.78 is 33.7. The van der Waals surface area contributed by atoms with Gasteiger partial charge >= 0.3 is 0 Å². The summed E-state index contributed by atoms with van der Waals surface area (Å²) >= 11 is 0. The molecule has 1 fully saturated rings. The van der Waals surface area contributed by atoms with Crippen LogP contribution in [0, 0.1) is 0 Å². The molecule has 1 aromatic heterocycles. The normalized spacial score (nSPS) is 18.6. The molecule has 3 rings (SSSR count). The highest BCUT2D eigenvalue weighted by atomic mass is 32.2. The molecular formula is C16H20N4O4S. The first kappa shape index (κ1) is 17.3. The third-order valence-electron chi connectivity index (χ3n) is 3.89. The third kappa shape index (κ3) is 4.30. The van der Waals surface area contributed by atoms with Crippen LogP contribution in [0.4, 0.5) is 17.5 Å². The molecule has 0 radical (unpaired) electrons. The number of sulfone groups is 1. The quantitative estimate of drug-likeness (QED) is 0.800. The molecule has 8 nitrogen and oxygen atoms in total. The van der Waals surface area contributed by atoms with Crippen LogP contribution in [-0.4, -0.2) is 50.2 Å². The van der Waals surface area contributed by atoms with E-state index in [1.165, 1.54) is 0 Å². The molecule has 1 aliphatic heterocycles. The van der Waals surface area contributed by atoms with Crippen molar-refractivity contribution in [3.63, 3.8) is 0 Å². The van der Waals surface area contributed by atoms with Crippen molar-refractivity contribution in [2.45, 2.75) is 12.5 Å². The summed E-state index contributed by atoms with van der Waals surface area (Å²) in [5.41, 5.74) is 0.704. The largest absolute Gasteiger partial charge is 0.497 e. The molecule has 0 amide bonds. The average molecular weight is 364 g/mol. The lowest BCUT2D eigenvalue weighted by molar-refractivity contribution is 0.405. The summed E-state index contributed by atoms with van der Waals surface area (Å²) in [6.07, 6.45) is 2.17. The van der Waals surface area contributed by atoms with E-state index in [1.807, 2.05) is 0 Å². The second-order valence-corrected chi connectivity index (χ2v) is 7.93. The summed E-state index contributed by atoms with van der Waals surface area (Å²) in [5.74, 6) is 2.59. The molecule has 2 N–H and O–H groups in total. The molecular weight excluding hydrogens is 344 g/mol. The van der Waals surface area contributed by atoms with Crippen LogP contribution in [0.5, 0.6) is 11.5 Å². The Balaban J connectivity index is 1.76. The zero-order valence-corrected chi connectivity index (χ0v) is 14.8. The van der Waals surface area contributed by atoms with Gasteiger partial charge in [-0.1, -0.05) is 0 Å². The highest BCUT2D eigenvalue weighted by Crippen LogP contribution is 2.31. The predicted octanol–water partition coefficient (Wildman–Crippen LogP) is 1.84. The Morgan fingerprint density at radius 3 is 2.72 bits per heavy atom. The van der Waals surface area contributed by atoms with E-state index in [9.17, 15) is 8.42 Å². The number of ether oxygens (including phenoxy) is 2. The van der Waals surface area contributed by atoms with Gasteiger partial charge in [-0.25, -0.2) is 13.4 Å². The van der Waals surface area contributed by atoms with Crippen LogP contribution in [-0.2, 0) is 9.84 Å². The maximum Gasteiger partial charge on any atom is 0.224 e. The van der Waals surface area contributed by atoms with E-state index >= 15 is 0 Å². The van der Waals surface area contributed by atoms with Crippen molar-refractivity contribution in [3.8, 4) is 11.5 Å². The Bertz CT molecular complexity index is 857. The molecule has 2 aromatic rings. The van der Waals surface area contributed by atoms with Gasteiger partial charge in [0.2, 0.25) is 5.95 Å². The van der Waals surface area contributed by atoms with Gasteiger partial charge in [0, 0.05) is 18.3 Å². The topological polar surface area (TPSA) is 102 Å². The predicted molar refractivity (Wildman–Crippen MR) is 95.5 cm³/mol. The van der Waals surface area contributed by atoms with Crippen molar-refractivity contribution in [2.75, 3.05) is 36.4 Å². The first-order valence-corrected chi connectivity index (χ1v) is 9.60. The third-order valence-corrected chi connectivity index (χ3v) is 5.66. The molecule has 1 atom stereocenters. The fourth-order valence-electron chi connectivity index (χ4n) is 2.64. The molecule has 0 spiro atoms. The maximum absolute atomic E-state index is 11.6. The van der Waals surface area contributed by atoms with Crippen molar-refractivity contribution < 1.29 is 17.9 Å². The zero-order valence-electron chi connectivity index (χ0n) is 14.0. The Kier molecular flexibility index (Phi) is 4.93. The Labute approximate surface area is 146 Å². The Morgan fingerprint density at radius 1 is 1.20 bits per heavy atom. The first-order chi connectivity index (χ1) is 12.0. The number of benzene rings is 1. The van der Waals surface area contributed by atoms with E-state index in [4.69, 9.17) is 9.47 Å². The van der Waals surface area contributed by atoms with Crippen LogP contribution in [0.2, 0.25) is 0 Å². The van der Waals surface area contributed by atoms with Gasteiger partial charge in [0.05, 0.1) is 31.4 Å². The molecule has 1 saturated heterocycles. The molecule has 0 saturated carbocycles. The Morgan fingerprint density at radius 2 is 2.04 bits per heavy atom. The summed E-state index contributed by atoms with van der Waals surface area (Å²) in [6.45, 7) is 0. The molecule has 9 heteroatoms. The van der Waals surface area contributed by atoms with Crippen LogP contribution in [0.25, 0.3) is 0 Å². The summed E-state index contributed by atoms with van der Waals surface area (Å²) in [4.78, 5) is 8.54. The van der Waals surface area contributed by atoms with Crippen LogP contribution in [0.3, 0.4) is 0 Å². The van der Waals surface area contributed by atoms with Gasteiger partial charge in [-0.15, -0.1) is 0 Å². The lowest BCUT2D eigenvalue weighted by atomic mass is 10.2. The van der Waals surface area contributed by atoms with Gasteiger partial charge in [-0.3, -0.25) is 0 Å². The molecule has 0 bridgehead atoms. The minimum Gasteiger partial charge on any atom is -0.497 e. The molecule has 134 valence electrons. The lowest BCUT2D eigenvalue weighted by Gasteiger charge is -2.14. The number of nitrogens with one attached hydrogen (secondary N) is 2. The molecule has 1 aromatic carbocycles. The smallest absolute Gasteiger partial charge is 0.224 e. The maximum atomic E-state index is 11.6. The molecule has 25 heavy (non-hydrogen) atoms. The number of methoxy groups -OCH3 is 2. The fraction of sp³-hybridized carbons (Fsp3) is 0.375. The second-order valence-electron chi connectivity index (χ2n) is 5.70. The number of aromatic nitrogens is 2. The van der Waals surface area contributed by atoms with E-state index in [2.05, 4.69) is 20.6 Å². The number of hydrogen-bond acceptors (Lipinski definition) is 8. The SMILES string of the molecule is COc1ccc(OC)c(Nc2ccnc(NC3CCS(=O)(=O)C3)n2)c1. The number of rotatable bonds is 6. The minimum atomic E-state index is -2.96. The van der Waals surface area contributed by atoms with Gasteiger partial charge in [-0.05, 0) is 24.6 Å². The molecule has 1 unspecified atom stereocenters. The molecule has 2 heterocycles. The summed E-state index contributed by atoms with van der Waals surface area (Å²) in [6, 6.07) is 6.96. The standard InChI is InChI=1S/C16H20N4O4S/c1-23-12-3-4-14(24-2)13(9-12)19-15-5-7-17-16(20-15)18-11-6-8-25(21,22)10-11/h3-5,7,9,11H,6,8,10H2,1-2H3,(H2,17,18,19,20). The Hall–Kier alpha value is -2.55. The van der Waals surface area contributed by atoms with Gasteiger partial charge in [0.25, 0.3) is 0 Å². The average Bonchev–Trinajstić information content (AvgIpc) is 2.93. The van der Waals surface area contributed by atoms with E-state index < -0.39 is 9.84 Å². The van der Waals surface area contributed by atoms with E-state index in [1.54, 1.807) is 44.7 Å². The first-order valence-electron chi connectivity index (χ1n) is 7.78. The van der Waals surface area contributed by atoms with Crippen molar-refractivity contribution in [1.29, 1.82) is 0 Å². The summed E-state index contributed by atoms with van der Waals surface area (Å²) in [7, 11) is 0.220. The van der Waals surface area contributed by atoms with Gasteiger partial charge in [0.1, 0.15) is 17.3 Å². The monoisotopic (exact) mass is 364 g/mol. The second kappa shape index (κ2) is 7.14.